The van der Waals surface area contributed by atoms with Gasteiger partial charge in [0.15, 0.2) is 9.84 Å². The number of halogens is 3. The highest BCUT2D eigenvalue weighted by molar-refractivity contribution is 7.91. The van der Waals surface area contributed by atoms with E-state index in [-0.39, 0.29) is 23.1 Å². The standard InChI is InChI=1S/C17H19F3N2O3S/c18-17(19,20)13-5-7-14(8-6-13)26(24,25)11-12-3-1-2-4-15(12)16(23)22-10-9-21/h5-8,12,15H,1-4,10-11H2,(H,22,23)/t12-,15+/m1/s1. The van der Waals surface area contributed by atoms with Gasteiger partial charge in [0.05, 0.1) is 22.3 Å². The number of carbonyl (C=O) groups excluding carboxylic acids is 1. The van der Waals surface area contributed by atoms with Crippen molar-refractivity contribution < 1.29 is 26.4 Å². The largest absolute Gasteiger partial charge is 0.416 e. The van der Waals surface area contributed by atoms with Gasteiger partial charge in [-0.15, -0.1) is 0 Å². The molecule has 142 valence electrons. The molecule has 0 unspecified atom stereocenters. The van der Waals surface area contributed by atoms with E-state index in [1.165, 1.54) is 0 Å². The molecule has 0 aromatic heterocycles. The minimum Gasteiger partial charge on any atom is -0.343 e. The molecule has 1 N–H and O–H groups in total. The number of amides is 1. The van der Waals surface area contributed by atoms with Gasteiger partial charge >= 0.3 is 6.18 Å². The van der Waals surface area contributed by atoms with Gasteiger partial charge in [0, 0.05) is 5.92 Å². The van der Waals surface area contributed by atoms with Crippen molar-refractivity contribution in [2.75, 3.05) is 12.3 Å². The second-order valence-corrected chi connectivity index (χ2v) is 8.36. The number of nitrogens with one attached hydrogen (secondary N) is 1. The Morgan fingerprint density at radius 2 is 1.81 bits per heavy atom. The second kappa shape index (κ2) is 8.08. The molecule has 0 heterocycles. The molecule has 1 amide bonds. The molecule has 1 aliphatic carbocycles. The van der Waals surface area contributed by atoms with Crippen LogP contribution in [0.5, 0.6) is 0 Å². The predicted molar refractivity (Wildman–Crippen MR) is 87.6 cm³/mol. The van der Waals surface area contributed by atoms with E-state index >= 15 is 0 Å². The highest BCUT2D eigenvalue weighted by atomic mass is 32.2. The first-order chi connectivity index (χ1) is 12.1. The second-order valence-electron chi connectivity index (χ2n) is 6.33. The SMILES string of the molecule is N#CCNC(=O)[C@H]1CCCC[C@@H]1CS(=O)(=O)c1ccc(C(F)(F)F)cc1. The zero-order valence-corrected chi connectivity index (χ0v) is 14.7. The van der Waals surface area contributed by atoms with Crippen molar-refractivity contribution in [3.8, 4) is 6.07 Å². The lowest BCUT2D eigenvalue weighted by molar-refractivity contribution is -0.137. The van der Waals surface area contributed by atoms with Crippen molar-refractivity contribution in [1.29, 1.82) is 5.26 Å². The molecule has 5 nitrogen and oxygen atoms in total. The summed E-state index contributed by atoms with van der Waals surface area (Å²) in [5, 5.41) is 11.0. The van der Waals surface area contributed by atoms with Crippen LogP contribution in [0.1, 0.15) is 31.2 Å². The van der Waals surface area contributed by atoms with Gasteiger partial charge in [-0.2, -0.15) is 18.4 Å². The molecule has 1 saturated carbocycles. The van der Waals surface area contributed by atoms with Crippen LogP contribution in [0.2, 0.25) is 0 Å². The van der Waals surface area contributed by atoms with Crippen LogP contribution in [0.3, 0.4) is 0 Å². The van der Waals surface area contributed by atoms with E-state index in [9.17, 15) is 26.4 Å². The van der Waals surface area contributed by atoms with Gasteiger partial charge in [-0.25, -0.2) is 8.42 Å². The fourth-order valence-corrected chi connectivity index (χ4v) is 4.95. The van der Waals surface area contributed by atoms with E-state index in [2.05, 4.69) is 5.32 Å². The van der Waals surface area contributed by atoms with Crippen LogP contribution in [0.4, 0.5) is 13.2 Å². The van der Waals surface area contributed by atoms with Gasteiger partial charge in [-0.1, -0.05) is 12.8 Å². The first-order valence-corrected chi connectivity index (χ1v) is 9.85. The molecule has 1 aliphatic rings. The Bertz CT molecular complexity index is 783. The highest BCUT2D eigenvalue weighted by Crippen LogP contribution is 2.34. The summed E-state index contributed by atoms with van der Waals surface area (Å²) in [5.41, 5.74) is -0.914. The fourth-order valence-electron chi connectivity index (χ4n) is 3.24. The number of hydrogen-bond acceptors (Lipinski definition) is 4. The van der Waals surface area contributed by atoms with E-state index in [0.717, 1.165) is 37.1 Å². The van der Waals surface area contributed by atoms with Crippen LogP contribution < -0.4 is 5.32 Å². The minimum absolute atomic E-state index is 0.145. The average Bonchev–Trinajstić information content (AvgIpc) is 2.59. The summed E-state index contributed by atoms with van der Waals surface area (Å²) in [5.74, 6) is -1.59. The lowest BCUT2D eigenvalue weighted by Crippen LogP contribution is -2.39. The maximum Gasteiger partial charge on any atom is 0.416 e. The van der Waals surface area contributed by atoms with Crippen LogP contribution in [-0.4, -0.2) is 26.6 Å². The maximum absolute atomic E-state index is 12.6. The van der Waals surface area contributed by atoms with Gasteiger partial charge in [0.2, 0.25) is 5.91 Å². The third kappa shape index (κ3) is 4.97. The number of nitrogens with zero attached hydrogens (tertiary/aromatic N) is 1. The third-order valence-corrected chi connectivity index (χ3v) is 6.42. The third-order valence-electron chi connectivity index (χ3n) is 4.56. The number of nitriles is 1. The molecule has 1 fully saturated rings. The molecular formula is C17H19F3N2O3S. The lowest BCUT2D eigenvalue weighted by Gasteiger charge is -2.30. The van der Waals surface area contributed by atoms with Crippen LogP contribution >= 0.6 is 0 Å². The molecule has 1 aromatic rings. The Labute approximate surface area is 150 Å². The van der Waals surface area contributed by atoms with Crippen molar-refractivity contribution in [3.63, 3.8) is 0 Å². The van der Waals surface area contributed by atoms with Gasteiger partial charge < -0.3 is 5.32 Å². The number of rotatable bonds is 5. The summed E-state index contributed by atoms with van der Waals surface area (Å²) in [7, 11) is -3.82. The molecule has 0 spiro atoms. The van der Waals surface area contributed by atoms with Gasteiger partial charge in [-0.3, -0.25) is 4.79 Å². The molecule has 26 heavy (non-hydrogen) atoms. The van der Waals surface area contributed by atoms with E-state index < -0.39 is 33.4 Å². The first-order valence-electron chi connectivity index (χ1n) is 8.20. The lowest BCUT2D eigenvalue weighted by atomic mass is 9.80. The maximum atomic E-state index is 12.6. The Morgan fingerprint density at radius 1 is 1.19 bits per heavy atom. The number of carbonyl (C=O) groups is 1. The van der Waals surface area contributed by atoms with Crippen LogP contribution in [-0.2, 0) is 20.8 Å². The van der Waals surface area contributed by atoms with Crippen molar-refractivity contribution >= 4 is 15.7 Å². The van der Waals surface area contributed by atoms with Crippen LogP contribution in [0.15, 0.2) is 29.2 Å². The number of sulfone groups is 1. The van der Waals surface area contributed by atoms with Crippen molar-refractivity contribution in [2.45, 2.75) is 36.8 Å². The van der Waals surface area contributed by atoms with Gasteiger partial charge in [0.25, 0.3) is 0 Å². The Kier molecular flexibility index (Phi) is 6.29. The number of benzene rings is 1. The Morgan fingerprint density at radius 3 is 2.38 bits per heavy atom. The van der Waals surface area contributed by atoms with Gasteiger partial charge in [-0.05, 0) is 43.0 Å². The van der Waals surface area contributed by atoms with Crippen molar-refractivity contribution in [3.05, 3.63) is 29.8 Å². The minimum atomic E-state index is -4.53. The predicted octanol–water partition coefficient (Wildman–Crippen LogP) is 2.93. The average molecular weight is 388 g/mol. The van der Waals surface area contributed by atoms with Gasteiger partial charge in [0.1, 0.15) is 6.54 Å². The van der Waals surface area contributed by atoms with Crippen molar-refractivity contribution in [2.24, 2.45) is 11.8 Å². The first kappa shape index (κ1) is 20.2. The van der Waals surface area contributed by atoms with E-state index in [0.29, 0.717) is 12.8 Å². The quantitative estimate of drug-likeness (QED) is 0.786. The smallest absolute Gasteiger partial charge is 0.343 e. The molecule has 2 rings (SSSR count). The summed E-state index contributed by atoms with van der Waals surface area (Å²) in [6.45, 7) is -0.145. The molecule has 0 aliphatic heterocycles. The summed E-state index contributed by atoms with van der Waals surface area (Å²) >= 11 is 0. The van der Waals surface area contributed by atoms with E-state index in [1.807, 2.05) is 0 Å². The number of alkyl halides is 3. The summed E-state index contributed by atoms with van der Waals surface area (Å²) in [4.78, 5) is 12.0. The Balaban J connectivity index is 2.15. The molecular weight excluding hydrogens is 369 g/mol. The molecule has 9 heteroatoms. The van der Waals surface area contributed by atoms with Crippen LogP contribution in [0, 0.1) is 23.2 Å². The monoisotopic (exact) mass is 388 g/mol. The van der Waals surface area contributed by atoms with Crippen LogP contribution in [0.25, 0.3) is 0 Å². The fraction of sp³-hybridized carbons (Fsp3) is 0.529. The number of hydrogen-bond donors (Lipinski definition) is 1. The topological polar surface area (TPSA) is 87.0 Å². The molecule has 2 atom stereocenters. The zero-order chi connectivity index (χ0) is 19.4. The highest BCUT2D eigenvalue weighted by Gasteiger charge is 2.35. The molecule has 0 bridgehead atoms. The zero-order valence-electron chi connectivity index (χ0n) is 13.9. The normalized spacial score (nSPS) is 21.0. The summed E-state index contributed by atoms with van der Waals surface area (Å²) in [6.07, 6.45) is -1.87. The molecule has 0 radical (unpaired) electrons. The van der Waals surface area contributed by atoms with E-state index in [4.69, 9.17) is 5.26 Å². The Hall–Kier alpha value is -2.08. The summed E-state index contributed by atoms with van der Waals surface area (Å²) in [6, 6.07) is 5.18. The summed E-state index contributed by atoms with van der Waals surface area (Å²) < 4.78 is 63.0. The van der Waals surface area contributed by atoms with Crippen molar-refractivity contribution in [1.82, 2.24) is 5.32 Å². The molecule has 1 aromatic carbocycles. The molecule has 0 saturated heterocycles. The van der Waals surface area contributed by atoms with E-state index in [1.54, 1.807) is 6.07 Å².